The Morgan fingerprint density at radius 2 is 2.43 bits per heavy atom. The molecule has 2 aromatic rings. The lowest BCUT2D eigenvalue weighted by molar-refractivity contribution is -0.389. The van der Waals surface area contributed by atoms with E-state index in [9.17, 15) is 20.0 Å². The molecule has 0 amide bonds. The number of imidazole rings is 1. The number of anilines is 1. The molecule has 1 N–H and O–H groups in total. The van der Waals surface area contributed by atoms with Crippen molar-refractivity contribution in [1.29, 1.82) is 0 Å². The van der Waals surface area contributed by atoms with Crippen LogP contribution in [0.4, 0.5) is 11.6 Å². The van der Waals surface area contributed by atoms with Gasteiger partial charge >= 0.3 is 11.8 Å². The number of nitro groups is 1. The largest absolute Gasteiger partial charge is 0.481 e. The first-order valence-corrected chi connectivity index (χ1v) is 7.02. The van der Waals surface area contributed by atoms with Crippen molar-refractivity contribution in [3.05, 3.63) is 21.7 Å². The van der Waals surface area contributed by atoms with Gasteiger partial charge in [0.2, 0.25) is 5.82 Å². The highest BCUT2D eigenvalue weighted by molar-refractivity contribution is 7.15. The lowest BCUT2D eigenvalue weighted by atomic mass is 10.0. The molecule has 10 heteroatoms. The molecule has 0 bridgehead atoms. The van der Waals surface area contributed by atoms with E-state index >= 15 is 0 Å². The van der Waals surface area contributed by atoms with Crippen LogP contribution in [0.15, 0.2) is 11.6 Å². The van der Waals surface area contributed by atoms with Crippen LogP contribution >= 0.6 is 11.3 Å². The highest BCUT2D eigenvalue weighted by Gasteiger charge is 2.40. The summed E-state index contributed by atoms with van der Waals surface area (Å²) in [4.78, 5) is 28.3. The summed E-state index contributed by atoms with van der Waals surface area (Å²) < 4.78 is 6.60. The maximum Gasteiger partial charge on any atom is 0.373 e. The lowest BCUT2D eigenvalue weighted by Gasteiger charge is -2.25. The lowest BCUT2D eigenvalue weighted by Crippen LogP contribution is -2.41. The molecule has 0 aliphatic carbocycles. The standard InChI is InChI=1S/C11H12N4O5S/c1-13(7-5-20-4-6(7)10(16)17)8-9(15(18)19)14-2-3-21-11(14)12-8/h2-3,6-7H,4-5H2,1H3,(H,16,17). The second kappa shape index (κ2) is 4.97. The number of likely N-dealkylation sites (N-methyl/N-ethyl adjacent to an activating group) is 1. The number of carbonyl (C=O) groups is 1. The summed E-state index contributed by atoms with van der Waals surface area (Å²) in [7, 11) is 1.61. The number of ether oxygens (including phenoxy) is 1. The molecule has 1 saturated heterocycles. The van der Waals surface area contributed by atoms with E-state index in [2.05, 4.69) is 4.98 Å². The second-order valence-corrected chi connectivity index (χ2v) is 5.61. The molecule has 2 atom stereocenters. The van der Waals surface area contributed by atoms with Gasteiger partial charge in [0.05, 0.1) is 19.3 Å². The summed E-state index contributed by atoms with van der Waals surface area (Å²) in [5.74, 6) is -1.71. The number of fused-ring (bicyclic) bond motifs is 1. The molecule has 0 spiro atoms. The van der Waals surface area contributed by atoms with E-state index in [0.717, 1.165) is 0 Å². The van der Waals surface area contributed by atoms with Crippen molar-refractivity contribution in [2.45, 2.75) is 6.04 Å². The van der Waals surface area contributed by atoms with Crippen molar-refractivity contribution < 1.29 is 19.6 Å². The summed E-state index contributed by atoms with van der Waals surface area (Å²) in [6.07, 6.45) is 1.57. The minimum atomic E-state index is -0.979. The van der Waals surface area contributed by atoms with Gasteiger partial charge in [0.1, 0.15) is 12.1 Å². The van der Waals surface area contributed by atoms with Gasteiger partial charge in [-0.15, -0.1) is 0 Å². The fourth-order valence-corrected chi connectivity index (χ4v) is 3.19. The Morgan fingerprint density at radius 1 is 1.67 bits per heavy atom. The van der Waals surface area contributed by atoms with Crippen molar-refractivity contribution in [1.82, 2.24) is 9.38 Å². The molecule has 21 heavy (non-hydrogen) atoms. The third-order valence-electron chi connectivity index (χ3n) is 3.59. The van der Waals surface area contributed by atoms with Gasteiger partial charge in [-0.3, -0.25) is 4.79 Å². The van der Waals surface area contributed by atoms with Gasteiger partial charge < -0.3 is 24.9 Å². The minimum absolute atomic E-state index is 0.0976. The molecule has 0 saturated carbocycles. The molecule has 1 fully saturated rings. The van der Waals surface area contributed by atoms with Crippen LogP contribution in [0.5, 0.6) is 0 Å². The van der Waals surface area contributed by atoms with E-state index in [1.807, 2.05) is 0 Å². The van der Waals surface area contributed by atoms with Crippen LogP contribution in [0.3, 0.4) is 0 Å². The first-order chi connectivity index (χ1) is 10.0. The molecule has 2 aromatic heterocycles. The molecule has 0 radical (unpaired) electrons. The Hall–Kier alpha value is -2.20. The summed E-state index contributed by atoms with van der Waals surface area (Å²) >= 11 is 1.28. The first-order valence-electron chi connectivity index (χ1n) is 6.14. The predicted molar refractivity (Wildman–Crippen MR) is 73.9 cm³/mol. The van der Waals surface area contributed by atoms with Gasteiger partial charge in [-0.1, -0.05) is 11.3 Å². The van der Waals surface area contributed by atoms with Crippen LogP contribution in [0.2, 0.25) is 0 Å². The maximum atomic E-state index is 11.3. The Bertz CT molecular complexity index is 711. The van der Waals surface area contributed by atoms with Crippen molar-refractivity contribution in [3.8, 4) is 0 Å². The monoisotopic (exact) mass is 312 g/mol. The summed E-state index contributed by atoms with van der Waals surface area (Å²) in [6, 6.07) is -0.481. The summed E-state index contributed by atoms with van der Waals surface area (Å²) in [5.41, 5.74) is 0. The summed E-state index contributed by atoms with van der Waals surface area (Å²) in [6.45, 7) is 0.302. The third-order valence-corrected chi connectivity index (χ3v) is 4.35. The van der Waals surface area contributed by atoms with Crippen LogP contribution in [0, 0.1) is 16.0 Å². The molecule has 1 aliphatic heterocycles. The molecule has 3 heterocycles. The van der Waals surface area contributed by atoms with Crippen LogP contribution in [-0.4, -0.2) is 51.7 Å². The first kappa shape index (κ1) is 13.8. The molecule has 1 aliphatic rings. The maximum absolute atomic E-state index is 11.3. The average molecular weight is 312 g/mol. The van der Waals surface area contributed by atoms with E-state index in [-0.39, 0.29) is 24.8 Å². The van der Waals surface area contributed by atoms with Gasteiger partial charge in [-0.2, -0.15) is 9.38 Å². The number of carboxylic acids is 1. The number of aromatic nitrogens is 2. The SMILES string of the molecule is CN(c1nc2sccn2c1[N+](=O)[O-])C1COCC1C(=O)O. The number of aliphatic carboxylic acids is 1. The van der Waals surface area contributed by atoms with Crippen LogP contribution in [-0.2, 0) is 9.53 Å². The van der Waals surface area contributed by atoms with E-state index < -0.39 is 22.9 Å². The van der Waals surface area contributed by atoms with Gasteiger partial charge in [-0.05, 0) is 4.92 Å². The number of rotatable bonds is 4. The molecule has 9 nitrogen and oxygen atoms in total. The number of thiazole rings is 1. The molecule has 0 aromatic carbocycles. The molecule has 3 rings (SSSR count). The van der Waals surface area contributed by atoms with Crippen molar-refractivity contribution in [2.24, 2.45) is 5.92 Å². The van der Waals surface area contributed by atoms with E-state index in [1.165, 1.54) is 20.6 Å². The number of hydrogen-bond acceptors (Lipinski definition) is 7. The van der Waals surface area contributed by atoms with Crippen molar-refractivity contribution in [2.75, 3.05) is 25.2 Å². The highest BCUT2D eigenvalue weighted by atomic mass is 32.1. The zero-order chi connectivity index (χ0) is 15.1. The Balaban J connectivity index is 2.03. The third kappa shape index (κ3) is 2.12. The van der Waals surface area contributed by atoms with Crippen molar-refractivity contribution in [3.63, 3.8) is 0 Å². The van der Waals surface area contributed by atoms with Crippen molar-refractivity contribution >= 4 is 33.9 Å². The van der Waals surface area contributed by atoms with Gasteiger partial charge in [0.25, 0.3) is 4.96 Å². The van der Waals surface area contributed by atoms with Gasteiger partial charge in [-0.25, -0.2) is 0 Å². The predicted octanol–water partition coefficient (Wildman–Crippen LogP) is 0.840. The van der Waals surface area contributed by atoms with Gasteiger partial charge in [0, 0.05) is 12.4 Å². The topological polar surface area (TPSA) is 110 Å². The quantitative estimate of drug-likeness (QED) is 0.658. The Labute approximate surface area is 122 Å². The smallest absolute Gasteiger partial charge is 0.373 e. The number of carboxylic acid groups (broad SMARTS) is 1. The zero-order valence-electron chi connectivity index (χ0n) is 11.0. The Morgan fingerprint density at radius 3 is 3.10 bits per heavy atom. The van der Waals surface area contributed by atoms with E-state index in [1.54, 1.807) is 18.6 Å². The van der Waals surface area contributed by atoms with Gasteiger partial charge in [0.15, 0.2) is 0 Å². The van der Waals surface area contributed by atoms with Crippen LogP contribution < -0.4 is 4.90 Å². The zero-order valence-corrected chi connectivity index (χ0v) is 11.8. The molecular weight excluding hydrogens is 300 g/mol. The molecule has 2 unspecified atom stereocenters. The van der Waals surface area contributed by atoms with Crippen LogP contribution in [0.25, 0.3) is 4.96 Å². The van der Waals surface area contributed by atoms with E-state index in [0.29, 0.717) is 4.96 Å². The minimum Gasteiger partial charge on any atom is -0.481 e. The van der Waals surface area contributed by atoms with Crippen LogP contribution in [0.1, 0.15) is 0 Å². The highest BCUT2D eigenvalue weighted by Crippen LogP contribution is 2.33. The Kier molecular flexibility index (Phi) is 3.26. The van der Waals surface area contributed by atoms with E-state index in [4.69, 9.17) is 4.74 Å². The number of nitrogens with zero attached hydrogens (tertiary/aromatic N) is 4. The number of hydrogen-bond donors (Lipinski definition) is 1. The summed E-state index contributed by atoms with van der Waals surface area (Å²) in [5, 5.41) is 22.2. The average Bonchev–Trinajstić information content (AvgIpc) is 3.11. The normalized spacial score (nSPS) is 21.8. The fourth-order valence-electron chi connectivity index (χ4n) is 2.49. The fraction of sp³-hybridized carbons (Fsp3) is 0.455. The molecular formula is C11H12N4O5S. The molecule has 112 valence electrons. The second-order valence-electron chi connectivity index (χ2n) is 4.73.